The van der Waals surface area contributed by atoms with Crippen LogP contribution >= 0.6 is 0 Å². The first kappa shape index (κ1) is 22.5. The summed E-state index contributed by atoms with van der Waals surface area (Å²) >= 11 is 0. The van der Waals surface area contributed by atoms with Crippen LogP contribution in [0.3, 0.4) is 0 Å². The van der Waals surface area contributed by atoms with Gasteiger partial charge in [0, 0.05) is 26.2 Å². The second-order valence-electron chi connectivity index (χ2n) is 7.78. The highest BCUT2D eigenvalue weighted by Crippen LogP contribution is 2.29. The zero-order valence-electron chi connectivity index (χ0n) is 17.8. The average molecular weight is 455 g/mol. The van der Waals surface area contributed by atoms with E-state index in [0.717, 1.165) is 0 Å². The summed E-state index contributed by atoms with van der Waals surface area (Å²) in [5.74, 6) is -0.00215. The van der Waals surface area contributed by atoms with Gasteiger partial charge in [-0.15, -0.1) is 0 Å². The van der Waals surface area contributed by atoms with E-state index in [1.165, 1.54) is 35.4 Å². The molecule has 7 heteroatoms. The summed E-state index contributed by atoms with van der Waals surface area (Å²) in [7, 11) is -3.43. The molecule has 4 rings (SSSR count). The van der Waals surface area contributed by atoms with Crippen molar-refractivity contribution >= 4 is 10.0 Å². The second kappa shape index (κ2) is 10.3. The van der Waals surface area contributed by atoms with Crippen LogP contribution in [-0.2, 0) is 10.0 Å². The molecule has 0 bridgehead atoms. The highest BCUT2D eigenvalue weighted by Gasteiger charge is 2.31. The first-order valence-corrected chi connectivity index (χ1v) is 12.3. The molecule has 0 spiro atoms. The van der Waals surface area contributed by atoms with Crippen molar-refractivity contribution in [3.63, 3.8) is 0 Å². The van der Waals surface area contributed by atoms with E-state index in [9.17, 15) is 12.8 Å². The van der Waals surface area contributed by atoms with Crippen molar-refractivity contribution in [1.29, 1.82) is 0 Å². The van der Waals surface area contributed by atoms with Crippen molar-refractivity contribution in [2.45, 2.75) is 6.04 Å². The van der Waals surface area contributed by atoms with Crippen molar-refractivity contribution in [3.05, 3.63) is 102 Å². The normalized spacial score (nSPS) is 15.7. The Kier molecular flexibility index (Phi) is 7.19. The third-order valence-electron chi connectivity index (χ3n) is 5.69. The van der Waals surface area contributed by atoms with E-state index in [4.69, 9.17) is 4.74 Å². The molecule has 0 N–H and O–H groups in total. The number of nitrogens with zero attached hydrogens (tertiary/aromatic N) is 2. The third-order valence-corrected chi connectivity index (χ3v) is 7.52. The summed E-state index contributed by atoms with van der Waals surface area (Å²) in [5, 5.41) is 0. The maximum Gasteiger partial charge on any atom is 0.217 e. The standard InChI is InChI=1S/C25H27FN2O3S/c26-23-11-13-24(14-12-23)31-19-20-32(29,30)28-17-15-27(16-18-28)25(21-7-3-1-4-8-21)22-9-5-2-6-10-22/h1-14,25H,15-20H2. The molecule has 5 nitrogen and oxygen atoms in total. The Hall–Kier alpha value is -2.74. The maximum absolute atomic E-state index is 13.0. The van der Waals surface area contributed by atoms with Crippen LogP contribution < -0.4 is 4.74 Å². The van der Waals surface area contributed by atoms with Gasteiger partial charge in [0.2, 0.25) is 10.0 Å². The van der Waals surface area contributed by atoms with E-state index in [1.807, 2.05) is 36.4 Å². The third kappa shape index (κ3) is 5.54. The Morgan fingerprint density at radius 3 is 1.84 bits per heavy atom. The average Bonchev–Trinajstić information content (AvgIpc) is 2.82. The van der Waals surface area contributed by atoms with E-state index < -0.39 is 10.0 Å². The maximum atomic E-state index is 13.0. The quantitative estimate of drug-likeness (QED) is 0.517. The lowest BCUT2D eigenvalue weighted by molar-refractivity contribution is 0.155. The molecule has 0 aromatic heterocycles. The Labute approximate surface area is 189 Å². The minimum absolute atomic E-state index is 0.0326. The summed E-state index contributed by atoms with van der Waals surface area (Å²) in [6, 6.07) is 26.3. The van der Waals surface area contributed by atoms with E-state index in [1.54, 1.807) is 4.31 Å². The SMILES string of the molecule is O=S(=O)(CCOc1ccc(F)cc1)N1CCN(C(c2ccccc2)c2ccccc2)CC1. The summed E-state index contributed by atoms with van der Waals surface area (Å²) in [6.07, 6.45) is 0. The molecule has 1 aliphatic rings. The van der Waals surface area contributed by atoms with Crippen LogP contribution in [0.4, 0.5) is 4.39 Å². The van der Waals surface area contributed by atoms with Crippen LogP contribution in [0.5, 0.6) is 5.75 Å². The molecular formula is C25H27FN2O3S. The summed E-state index contributed by atoms with van der Waals surface area (Å²) in [4.78, 5) is 2.34. The Morgan fingerprint density at radius 1 is 0.781 bits per heavy atom. The van der Waals surface area contributed by atoms with E-state index in [0.29, 0.717) is 31.9 Å². The lowest BCUT2D eigenvalue weighted by Crippen LogP contribution is -2.50. The molecule has 0 radical (unpaired) electrons. The molecule has 0 atom stereocenters. The van der Waals surface area contributed by atoms with Crippen LogP contribution in [0.1, 0.15) is 17.2 Å². The van der Waals surface area contributed by atoms with Crippen LogP contribution in [0.2, 0.25) is 0 Å². The van der Waals surface area contributed by atoms with Gasteiger partial charge in [-0.3, -0.25) is 4.90 Å². The first-order chi connectivity index (χ1) is 15.5. The van der Waals surface area contributed by atoms with E-state index in [-0.39, 0.29) is 24.2 Å². The summed E-state index contributed by atoms with van der Waals surface area (Å²) < 4.78 is 45.6. The molecule has 3 aromatic carbocycles. The van der Waals surface area contributed by atoms with Crippen molar-refractivity contribution in [2.24, 2.45) is 0 Å². The number of ether oxygens (including phenoxy) is 1. The predicted octanol–water partition coefficient (Wildman–Crippen LogP) is 3.94. The molecule has 0 amide bonds. The second-order valence-corrected chi connectivity index (χ2v) is 9.87. The molecule has 3 aromatic rings. The van der Waals surface area contributed by atoms with Gasteiger partial charge in [-0.05, 0) is 35.4 Å². The predicted molar refractivity (Wildman–Crippen MR) is 124 cm³/mol. The number of sulfonamides is 1. The highest BCUT2D eigenvalue weighted by atomic mass is 32.2. The minimum atomic E-state index is -3.43. The lowest BCUT2D eigenvalue weighted by atomic mass is 9.96. The molecular weight excluding hydrogens is 427 g/mol. The summed E-state index contributed by atoms with van der Waals surface area (Å²) in [6.45, 7) is 2.20. The Morgan fingerprint density at radius 2 is 1.31 bits per heavy atom. The first-order valence-electron chi connectivity index (χ1n) is 10.7. The fourth-order valence-electron chi connectivity index (χ4n) is 4.05. The lowest BCUT2D eigenvalue weighted by Gasteiger charge is -2.39. The smallest absolute Gasteiger partial charge is 0.217 e. The van der Waals surface area contributed by atoms with Crippen molar-refractivity contribution in [2.75, 3.05) is 38.5 Å². The fourth-order valence-corrected chi connectivity index (χ4v) is 5.32. The molecule has 168 valence electrons. The van der Waals surface area contributed by atoms with Crippen molar-refractivity contribution in [1.82, 2.24) is 9.21 Å². The van der Waals surface area contributed by atoms with Gasteiger partial charge in [-0.1, -0.05) is 60.7 Å². The van der Waals surface area contributed by atoms with E-state index in [2.05, 4.69) is 29.2 Å². The van der Waals surface area contributed by atoms with Gasteiger partial charge < -0.3 is 4.74 Å². The molecule has 1 heterocycles. The Balaban J connectivity index is 1.38. The molecule has 0 aliphatic carbocycles. The fraction of sp³-hybridized carbons (Fsp3) is 0.280. The molecule has 1 fully saturated rings. The number of benzene rings is 3. The van der Waals surface area contributed by atoms with Gasteiger partial charge >= 0.3 is 0 Å². The van der Waals surface area contributed by atoms with Gasteiger partial charge in [0.15, 0.2) is 0 Å². The molecule has 1 aliphatic heterocycles. The zero-order chi connectivity index (χ0) is 22.4. The van der Waals surface area contributed by atoms with E-state index >= 15 is 0 Å². The number of piperazine rings is 1. The molecule has 0 saturated carbocycles. The molecule has 1 saturated heterocycles. The van der Waals surface area contributed by atoms with Gasteiger partial charge in [-0.2, -0.15) is 4.31 Å². The van der Waals surface area contributed by atoms with Crippen LogP contribution in [-0.4, -0.2) is 56.2 Å². The van der Waals surface area contributed by atoms with Crippen LogP contribution in [0.15, 0.2) is 84.9 Å². The van der Waals surface area contributed by atoms with Gasteiger partial charge in [0.05, 0.1) is 11.8 Å². The van der Waals surface area contributed by atoms with Gasteiger partial charge in [0.25, 0.3) is 0 Å². The minimum Gasteiger partial charge on any atom is -0.492 e. The number of halogens is 1. The van der Waals surface area contributed by atoms with Crippen molar-refractivity contribution < 1.29 is 17.5 Å². The van der Waals surface area contributed by atoms with Gasteiger partial charge in [0.1, 0.15) is 18.2 Å². The van der Waals surface area contributed by atoms with Crippen LogP contribution in [0, 0.1) is 5.82 Å². The number of rotatable bonds is 8. The number of hydrogen-bond acceptors (Lipinski definition) is 4. The van der Waals surface area contributed by atoms with Gasteiger partial charge in [-0.25, -0.2) is 12.8 Å². The van der Waals surface area contributed by atoms with Crippen molar-refractivity contribution in [3.8, 4) is 5.75 Å². The summed E-state index contributed by atoms with van der Waals surface area (Å²) in [5.41, 5.74) is 2.39. The number of hydrogen-bond donors (Lipinski definition) is 0. The molecule has 0 unspecified atom stereocenters. The zero-order valence-corrected chi connectivity index (χ0v) is 18.6. The largest absolute Gasteiger partial charge is 0.492 e. The molecule has 32 heavy (non-hydrogen) atoms. The van der Waals surface area contributed by atoms with Crippen LogP contribution in [0.25, 0.3) is 0 Å². The highest BCUT2D eigenvalue weighted by molar-refractivity contribution is 7.89. The Bertz CT molecular complexity index is 1050. The monoisotopic (exact) mass is 454 g/mol. The topological polar surface area (TPSA) is 49.9 Å².